The Morgan fingerprint density at radius 2 is 1.93 bits per heavy atom. The molecule has 4 heteroatoms. The van der Waals surface area contributed by atoms with Gasteiger partial charge in [0.2, 0.25) is 5.78 Å². The van der Waals surface area contributed by atoms with Gasteiger partial charge in [0.15, 0.2) is 5.78 Å². The van der Waals surface area contributed by atoms with E-state index in [4.69, 9.17) is 0 Å². The van der Waals surface area contributed by atoms with Crippen molar-refractivity contribution < 1.29 is 14.0 Å². The third-order valence-corrected chi connectivity index (χ3v) is 2.44. The molecule has 1 rings (SSSR count). The maximum absolute atomic E-state index is 12.9. The lowest BCUT2D eigenvalue weighted by Crippen LogP contribution is -2.03. The second-order valence-electron chi connectivity index (χ2n) is 2.58. The first-order chi connectivity index (χ1) is 6.54. The van der Waals surface area contributed by atoms with E-state index in [2.05, 4.69) is 13.2 Å². The largest absolute Gasteiger partial charge is 0.288 e. The van der Waals surface area contributed by atoms with Crippen molar-refractivity contribution in [2.24, 2.45) is 0 Å². The van der Waals surface area contributed by atoms with Crippen LogP contribution in [-0.4, -0.2) is 11.6 Å². The Bertz CT molecular complexity index is 416. The first-order valence-corrected chi connectivity index (χ1v) is 4.90. The molecule has 0 unspecified atom stereocenters. The van der Waals surface area contributed by atoms with E-state index in [1.807, 2.05) is 0 Å². The van der Waals surface area contributed by atoms with Crippen LogP contribution in [0.2, 0.25) is 0 Å². The van der Waals surface area contributed by atoms with Crippen molar-refractivity contribution in [1.82, 2.24) is 0 Å². The number of carbonyl (C=O) groups excluding carboxylic acids is 2. The van der Waals surface area contributed by atoms with Crippen LogP contribution in [0.15, 0.2) is 45.9 Å². The van der Waals surface area contributed by atoms with E-state index in [9.17, 15) is 14.0 Å². The molecule has 0 N–H and O–H groups in total. The third kappa shape index (κ3) is 1.50. The molecule has 0 aliphatic heterocycles. The number of Topliss-reactive ketones (excluding diaryl/α,β-unsaturated/α-hetero) is 2. The molecular weight excluding hydrogens is 298 g/mol. The summed E-state index contributed by atoms with van der Waals surface area (Å²) in [4.78, 5) is 22.9. The van der Waals surface area contributed by atoms with Crippen molar-refractivity contribution in [2.75, 3.05) is 0 Å². The molecule has 0 aromatic carbocycles. The highest BCUT2D eigenvalue weighted by atomic mass is 127. The Hall–Kier alpha value is -1.04. The normalized spacial score (nSPS) is 19.4. The van der Waals surface area contributed by atoms with Crippen molar-refractivity contribution in [3.05, 3.63) is 45.9 Å². The molecule has 14 heavy (non-hydrogen) atoms. The second kappa shape index (κ2) is 4.00. The van der Waals surface area contributed by atoms with Gasteiger partial charge in [0, 0.05) is 5.57 Å². The number of rotatable bonds is 2. The molecule has 0 amide bonds. The van der Waals surface area contributed by atoms with Crippen molar-refractivity contribution >= 4 is 34.2 Å². The molecule has 0 radical (unpaired) electrons. The number of carbonyl (C=O) groups is 2. The van der Waals surface area contributed by atoms with Gasteiger partial charge in [-0.05, 0) is 4.08 Å². The molecule has 1 aliphatic carbocycles. The van der Waals surface area contributed by atoms with Crippen molar-refractivity contribution in [3.63, 3.8) is 0 Å². The second-order valence-corrected chi connectivity index (χ2v) is 3.20. The van der Waals surface area contributed by atoms with Crippen molar-refractivity contribution in [3.8, 4) is 0 Å². The highest BCUT2D eigenvalue weighted by molar-refractivity contribution is 14.1. The van der Waals surface area contributed by atoms with Crippen LogP contribution in [0.1, 0.15) is 0 Å². The Morgan fingerprint density at radius 1 is 1.36 bits per heavy atom. The van der Waals surface area contributed by atoms with Crippen LogP contribution in [0.4, 0.5) is 4.39 Å². The summed E-state index contributed by atoms with van der Waals surface area (Å²) in [5, 5.41) is 0. The molecule has 0 saturated carbocycles. The molecule has 0 aromatic rings. The molecular formula is C10H6FIO2. The summed E-state index contributed by atoms with van der Waals surface area (Å²) in [6.45, 7) is 6.37. The molecule has 0 heterocycles. The molecule has 0 atom stereocenters. The minimum absolute atomic E-state index is 0.00887. The van der Waals surface area contributed by atoms with E-state index in [0.29, 0.717) is 0 Å². The summed E-state index contributed by atoms with van der Waals surface area (Å²) >= 11 is 1.76. The fraction of sp³-hybridized carbons (Fsp3) is 0. The number of hydrogen-bond donors (Lipinski definition) is 0. The topological polar surface area (TPSA) is 34.1 Å². The molecule has 2 nitrogen and oxygen atoms in total. The van der Waals surface area contributed by atoms with Crippen molar-refractivity contribution in [1.29, 1.82) is 0 Å². The molecule has 0 bridgehead atoms. The average molecular weight is 304 g/mol. The quantitative estimate of drug-likeness (QED) is 0.446. The molecule has 72 valence electrons. The van der Waals surface area contributed by atoms with Gasteiger partial charge in [-0.3, -0.25) is 9.59 Å². The SMILES string of the molecule is C=CC1=C(C(=C)F)C(=O)/C(=C\I)C1=O. The maximum Gasteiger partial charge on any atom is 0.201 e. The first kappa shape index (κ1) is 11.0. The van der Waals surface area contributed by atoms with Crippen LogP contribution in [0.25, 0.3) is 0 Å². The van der Waals surface area contributed by atoms with Gasteiger partial charge in [0.25, 0.3) is 0 Å². The lowest BCUT2D eigenvalue weighted by Gasteiger charge is -1.94. The smallest absolute Gasteiger partial charge is 0.201 e. The summed E-state index contributed by atoms with van der Waals surface area (Å²) in [6, 6.07) is 0. The summed E-state index contributed by atoms with van der Waals surface area (Å²) < 4.78 is 14.2. The van der Waals surface area contributed by atoms with E-state index >= 15 is 0 Å². The van der Waals surface area contributed by atoms with Gasteiger partial charge in [-0.1, -0.05) is 41.8 Å². The zero-order valence-electron chi connectivity index (χ0n) is 7.14. The minimum Gasteiger partial charge on any atom is -0.288 e. The Labute approximate surface area is 94.0 Å². The fourth-order valence-corrected chi connectivity index (χ4v) is 1.75. The van der Waals surface area contributed by atoms with E-state index in [1.165, 1.54) is 10.2 Å². The summed E-state index contributed by atoms with van der Waals surface area (Å²) in [6.07, 6.45) is 1.17. The van der Waals surface area contributed by atoms with Gasteiger partial charge in [-0.2, -0.15) is 0 Å². The highest BCUT2D eigenvalue weighted by Gasteiger charge is 2.35. The zero-order chi connectivity index (χ0) is 10.9. The van der Waals surface area contributed by atoms with Gasteiger partial charge < -0.3 is 0 Å². The molecule has 0 fully saturated rings. The molecule has 0 spiro atoms. The van der Waals surface area contributed by atoms with E-state index < -0.39 is 17.4 Å². The van der Waals surface area contributed by atoms with E-state index in [0.717, 1.165) is 0 Å². The molecule has 0 aromatic heterocycles. The Kier molecular flexibility index (Phi) is 3.15. The lowest BCUT2D eigenvalue weighted by atomic mass is 10.1. The molecule has 1 aliphatic rings. The lowest BCUT2D eigenvalue weighted by molar-refractivity contribution is -0.115. The summed E-state index contributed by atoms with van der Waals surface area (Å²) in [7, 11) is 0. The third-order valence-electron chi connectivity index (χ3n) is 1.81. The predicted octanol–water partition coefficient (Wildman–Crippen LogP) is 2.42. The fourth-order valence-electron chi connectivity index (χ4n) is 1.18. The minimum atomic E-state index is -0.897. The van der Waals surface area contributed by atoms with Gasteiger partial charge in [-0.25, -0.2) is 4.39 Å². The van der Waals surface area contributed by atoms with Crippen LogP contribution >= 0.6 is 22.6 Å². The first-order valence-electron chi connectivity index (χ1n) is 3.65. The van der Waals surface area contributed by atoms with Gasteiger partial charge >= 0.3 is 0 Å². The Balaban J connectivity index is 3.43. The molecule has 0 saturated heterocycles. The Morgan fingerprint density at radius 3 is 2.21 bits per heavy atom. The van der Waals surface area contributed by atoms with Gasteiger partial charge in [-0.15, -0.1) is 0 Å². The summed E-state index contributed by atoms with van der Waals surface area (Å²) in [5.41, 5.74) is -0.312. The number of allylic oxidation sites excluding steroid dienone is 5. The van der Waals surface area contributed by atoms with Gasteiger partial charge in [0.05, 0.1) is 11.1 Å². The van der Waals surface area contributed by atoms with Crippen molar-refractivity contribution in [2.45, 2.75) is 0 Å². The highest BCUT2D eigenvalue weighted by Crippen LogP contribution is 2.30. The van der Waals surface area contributed by atoms with Gasteiger partial charge in [0.1, 0.15) is 5.83 Å². The zero-order valence-corrected chi connectivity index (χ0v) is 9.30. The summed E-state index contributed by atoms with van der Waals surface area (Å²) in [5.74, 6) is -2.01. The van der Waals surface area contributed by atoms with Crippen LogP contribution in [-0.2, 0) is 9.59 Å². The van der Waals surface area contributed by atoms with E-state index in [-0.39, 0.29) is 16.7 Å². The number of ketones is 2. The van der Waals surface area contributed by atoms with Crippen LogP contribution in [0.3, 0.4) is 0 Å². The monoisotopic (exact) mass is 304 g/mol. The number of hydrogen-bond acceptors (Lipinski definition) is 2. The van der Waals surface area contributed by atoms with Crippen LogP contribution in [0.5, 0.6) is 0 Å². The number of halogens is 2. The van der Waals surface area contributed by atoms with Crippen LogP contribution in [0, 0.1) is 0 Å². The predicted molar refractivity (Wildman–Crippen MR) is 59.6 cm³/mol. The maximum atomic E-state index is 12.9. The standard InChI is InChI=1S/C10H6FIO2/c1-3-6-8(5(2)11)10(14)7(4-12)9(6)13/h3-4H,1-2H2/b7-4-. The van der Waals surface area contributed by atoms with E-state index in [1.54, 1.807) is 22.6 Å². The average Bonchev–Trinajstić information content (AvgIpc) is 2.37. The van der Waals surface area contributed by atoms with Crippen LogP contribution < -0.4 is 0 Å².